The second-order valence-electron chi connectivity index (χ2n) is 3.23. The number of carbonyl (C=O) groups is 1. The van der Waals surface area contributed by atoms with E-state index in [4.69, 9.17) is 4.74 Å². The highest BCUT2D eigenvalue weighted by atomic mass is 16.5. The summed E-state index contributed by atoms with van der Waals surface area (Å²) in [6.45, 7) is 1.31. The molecule has 0 heterocycles. The molecule has 0 spiro atoms. The van der Waals surface area contributed by atoms with Crippen molar-refractivity contribution in [2.45, 2.75) is 6.92 Å². The van der Waals surface area contributed by atoms with Crippen LogP contribution >= 0.6 is 0 Å². The number of phenolic OH excluding ortho intramolecular Hbond substituents is 1. The van der Waals surface area contributed by atoms with Gasteiger partial charge in [-0.15, -0.1) is 0 Å². The van der Waals surface area contributed by atoms with E-state index in [0.717, 1.165) is 10.8 Å². The van der Waals surface area contributed by atoms with E-state index < -0.39 is 5.97 Å². The van der Waals surface area contributed by atoms with Gasteiger partial charge in [-0.3, -0.25) is 4.79 Å². The van der Waals surface area contributed by atoms with Crippen LogP contribution in [0.3, 0.4) is 0 Å². The zero-order chi connectivity index (χ0) is 10.8. The normalized spacial score (nSPS) is 10.2. The third-order valence-electron chi connectivity index (χ3n) is 2.10. The number of rotatable bonds is 1. The van der Waals surface area contributed by atoms with E-state index in [-0.39, 0.29) is 11.5 Å². The quantitative estimate of drug-likeness (QED) is 0.570. The number of ether oxygens (including phenoxy) is 1. The van der Waals surface area contributed by atoms with Crippen LogP contribution in [0.25, 0.3) is 10.8 Å². The summed E-state index contributed by atoms with van der Waals surface area (Å²) < 4.78 is 4.97. The van der Waals surface area contributed by atoms with Crippen molar-refractivity contribution in [2.75, 3.05) is 0 Å². The van der Waals surface area contributed by atoms with Gasteiger partial charge in [0.05, 0.1) is 0 Å². The van der Waals surface area contributed by atoms with Gasteiger partial charge in [-0.25, -0.2) is 0 Å². The van der Waals surface area contributed by atoms with E-state index >= 15 is 0 Å². The van der Waals surface area contributed by atoms with Crippen molar-refractivity contribution >= 4 is 16.7 Å². The first kappa shape index (κ1) is 9.52. The molecule has 2 aromatic rings. The van der Waals surface area contributed by atoms with Crippen LogP contribution in [-0.4, -0.2) is 11.1 Å². The highest BCUT2D eigenvalue weighted by molar-refractivity contribution is 5.92. The molecule has 3 nitrogen and oxygen atoms in total. The van der Waals surface area contributed by atoms with Crippen molar-refractivity contribution in [1.82, 2.24) is 0 Å². The number of hydrogen-bond acceptors (Lipinski definition) is 3. The lowest BCUT2D eigenvalue weighted by Crippen LogP contribution is -2.01. The molecule has 0 unspecified atom stereocenters. The Morgan fingerprint density at radius 2 is 1.93 bits per heavy atom. The molecule has 0 aliphatic rings. The molecule has 2 rings (SSSR count). The molecule has 0 amide bonds. The van der Waals surface area contributed by atoms with Gasteiger partial charge in [-0.1, -0.05) is 30.3 Å². The summed E-state index contributed by atoms with van der Waals surface area (Å²) in [5, 5.41) is 11.2. The van der Waals surface area contributed by atoms with Crippen molar-refractivity contribution < 1.29 is 14.6 Å². The fourth-order valence-electron chi connectivity index (χ4n) is 1.48. The Labute approximate surface area is 86.9 Å². The van der Waals surface area contributed by atoms with E-state index in [9.17, 15) is 9.90 Å². The van der Waals surface area contributed by atoms with Gasteiger partial charge in [0.2, 0.25) is 0 Å². The molecule has 2 aromatic carbocycles. The van der Waals surface area contributed by atoms with E-state index in [1.165, 1.54) is 13.0 Å². The van der Waals surface area contributed by atoms with Crippen LogP contribution in [0.4, 0.5) is 0 Å². The van der Waals surface area contributed by atoms with Gasteiger partial charge in [-0.05, 0) is 11.5 Å². The van der Waals surface area contributed by atoms with Crippen LogP contribution in [-0.2, 0) is 4.79 Å². The van der Waals surface area contributed by atoms with Gasteiger partial charge in [0, 0.05) is 12.3 Å². The molecule has 0 aliphatic heterocycles. The Kier molecular flexibility index (Phi) is 2.29. The van der Waals surface area contributed by atoms with Crippen LogP contribution in [0.15, 0.2) is 36.4 Å². The zero-order valence-corrected chi connectivity index (χ0v) is 8.23. The van der Waals surface area contributed by atoms with E-state index in [1.807, 2.05) is 18.2 Å². The summed E-state index contributed by atoms with van der Waals surface area (Å²) in [7, 11) is 0. The van der Waals surface area contributed by atoms with Crippen molar-refractivity contribution in [3.8, 4) is 11.5 Å². The first-order chi connectivity index (χ1) is 7.18. The van der Waals surface area contributed by atoms with Crippen LogP contribution in [0.2, 0.25) is 0 Å². The number of hydrogen-bond donors (Lipinski definition) is 1. The fraction of sp³-hybridized carbons (Fsp3) is 0.0833. The summed E-state index contributed by atoms with van der Waals surface area (Å²) >= 11 is 0. The molecule has 0 radical (unpaired) electrons. The summed E-state index contributed by atoms with van der Waals surface area (Å²) in [5.74, 6) is -0.244. The Hall–Kier alpha value is -2.03. The number of phenols is 1. The zero-order valence-electron chi connectivity index (χ0n) is 8.23. The molecule has 0 aromatic heterocycles. The maximum absolute atomic E-state index is 10.9. The highest BCUT2D eigenvalue weighted by Gasteiger charge is 2.09. The van der Waals surface area contributed by atoms with Gasteiger partial charge >= 0.3 is 5.97 Å². The Balaban J connectivity index is 2.68. The van der Waals surface area contributed by atoms with Crippen molar-refractivity contribution in [2.24, 2.45) is 0 Å². The first-order valence-electron chi connectivity index (χ1n) is 4.57. The number of fused-ring (bicyclic) bond motifs is 1. The van der Waals surface area contributed by atoms with Crippen LogP contribution in [0.1, 0.15) is 6.92 Å². The molecule has 0 saturated heterocycles. The number of aromatic hydroxyl groups is 1. The average Bonchev–Trinajstić information content (AvgIpc) is 2.22. The second-order valence-corrected chi connectivity index (χ2v) is 3.23. The third kappa shape index (κ3) is 1.76. The minimum atomic E-state index is -0.443. The molecule has 3 heteroatoms. The molecule has 0 aliphatic carbocycles. The maximum atomic E-state index is 10.9. The minimum absolute atomic E-state index is 0.0242. The second kappa shape index (κ2) is 3.61. The SMILES string of the molecule is CC(=O)Oc1c(O)ccc2ccccc12. The molecule has 76 valence electrons. The molecule has 0 atom stereocenters. The van der Waals surface area contributed by atoms with Crippen molar-refractivity contribution in [3.05, 3.63) is 36.4 Å². The lowest BCUT2D eigenvalue weighted by atomic mass is 10.1. The Bertz CT molecular complexity index is 517. The summed E-state index contributed by atoms with van der Waals surface area (Å²) in [5.41, 5.74) is 0. The summed E-state index contributed by atoms with van der Waals surface area (Å²) in [4.78, 5) is 10.9. The van der Waals surface area contributed by atoms with Crippen molar-refractivity contribution in [1.29, 1.82) is 0 Å². The molecular weight excluding hydrogens is 192 g/mol. The smallest absolute Gasteiger partial charge is 0.308 e. The molecule has 1 N–H and O–H groups in total. The monoisotopic (exact) mass is 202 g/mol. The number of benzene rings is 2. The van der Waals surface area contributed by atoms with Gasteiger partial charge in [0.15, 0.2) is 11.5 Å². The molecular formula is C12H10O3. The summed E-state index contributed by atoms with van der Waals surface area (Å²) in [6.07, 6.45) is 0. The van der Waals surface area contributed by atoms with Crippen LogP contribution < -0.4 is 4.74 Å². The maximum Gasteiger partial charge on any atom is 0.308 e. The third-order valence-corrected chi connectivity index (χ3v) is 2.10. The van der Waals surface area contributed by atoms with E-state index in [0.29, 0.717) is 0 Å². The van der Waals surface area contributed by atoms with Gasteiger partial charge in [0.25, 0.3) is 0 Å². The molecule has 0 bridgehead atoms. The van der Waals surface area contributed by atoms with E-state index in [2.05, 4.69) is 0 Å². The molecule has 15 heavy (non-hydrogen) atoms. The largest absolute Gasteiger partial charge is 0.504 e. The predicted molar refractivity (Wildman–Crippen MR) is 56.9 cm³/mol. The van der Waals surface area contributed by atoms with Gasteiger partial charge in [-0.2, -0.15) is 0 Å². The first-order valence-corrected chi connectivity index (χ1v) is 4.57. The highest BCUT2D eigenvalue weighted by Crippen LogP contribution is 2.34. The number of carbonyl (C=O) groups excluding carboxylic acids is 1. The fourth-order valence-corrected chi connectivity index (χ4v) is 1.48. The standard InChI is InChI=1S/C12H10O3/c1-8(13)15-12-10-5-3-2-4-9(10)6-7-11(12)14/h2-7,14H,1H3. The van der Waals surface area contributed by atoms with Gasteiger partial charge < -0.3 is 9.84 Å². The lowest BCUT2D eigenvalue weighted by molar-refractivity contribution is -0.131. The summed E-state index contributed by atoms with van der Waals surface area (Å²) in [6, 6.07) is 10.7. The van der Waals surface area contributed by atoms with Gasteiger partial charge in [0.1, 0.15) is 0 Å². The molecule has 0 fully saturated rings. The Morgan fingerprint density at radius 3 is 2.67 bits per heavy atom. The average molecular weight is 202 g/mol. The van der Waals surface area contributed by atoms with E-state index in [1.54, 1.807) is 12.1 Å². The Morgan fingerprint density at radius 1 is 1.20 bits per heavy atom. The van der Waals surface area contributed by atoms with Crippen LogP contribution in [0.5, 0.6) is 11.5 Å². The number of esters is 1. The van der Waals surface area contributed by atoms with Crippen molar-refractivity contribution in [3.63, 3.8) is 0 Å². The topological polar surface area (TPSA) is 46.5 Å². The lowest BCUT2D eigenvalue weighted by Gasteiger charge is -2.07. The molecule has 0 saturated carbocycles. The minimum Gasteiger partial charge on any atom is -0.504 e. The predicted octanol–water partition coefficient (Wildman–Crippen LogP) is 2.47. The van der Waals surface area contributed by atoms with Crippen LogP contribution in [0, 0.1) is 0 Å².